The summed E-state index contributed by atoms with van der Waals surface area (Å²) >= 11 is 0. The van der Waals surface area contributed by atoms with Crippen LogP contribution in [0.15, 0.2) is 71.6 Å². The van der Waals surface area contributed by atoms with Crippen molar-refractivity contribution in [3.05, 3.63) is 83.4 Å². The van der Waals surface area contributed by atoms with Gasteiger partial charge in [-0.1, -0.05) is 48.0 Å². The molecule has 0 bridgehead atoms. The summed E-state index contributed by atoms with van der Waals surface area (Å²) in [5.41, 5.74) is 1.52. The number of nitrogens with one attached hydrogen (secondary N) is 2. The molecule has 0 radical (unpaired) electrons. The van der Waals surface area contributed by atoms with Crippen molar-refractivity contribution >= 4 is 27.5 Å². The first-order chi connectivity index (χ1) is 15.3. The fourth-order valence-corrected chi connectivity index (χ4v) is 4.08. The Bertz CT molecular complexity index is 1270. The van der Waals surface area contributed by atoms with E-state index in [0.717, 1.165) is 5.56 Å². The molecule has 9 heteroatoms. The van der Waals surface area contributed by atoms with Crippen molar-refractivity contribution in [2.24, 2.45) is 0 Å². The van der Waals surface area contributed by atoms with Gasteiger partial charge in [0, 0.05) is 11.6 Å². The Kier molecular flexibility index (Phi) is 5.83. The average Bonchev–Trinajstić information content (AvgIpc) is 2.78. The smallest absolute Gasteiger partial charge is 0.333 e. The Labute approximate surface area is 185 Å². The summed E-state index contributed by atoms with van der Waals surface area (Å²) in [5, 5.41) is 2.46. The number of ketones is 1. The second kappa shape index (κ2) is 8.72. The SMILES string of the molecule is Cc1ccc(S(=O)(=O)NC(=O)Nc2cc3c(cc2C(=O)c2ccccc2)OCCO3)cc1. The first-order valence-electron chi connectivity index (χ1n) is 9.77. The molecule has 3 aromatic carbocycles. The molecule has 3 aromatic rings. The van der Waals surface area contributed by atoms with Crippen molar-refractivity contribution in [2.45, 2.75) is 11.8 Å². The average molecular weight is 452 g/mol. The van der Waals surface area contributed by atoms with E-state index in [2.05, 4.69) is 5.32 Å². The van der Waals surface area contributed by atoms with Gasteiger partial charge in [0.05, 0.1) is 16.1 Å². The maximum atomic E-state index is 13.1. The molecule has 1 heterocycles. The zero-order valence-corrected chi connectivity index (χ0v) is 17.9. The Morgan fingerprint density at radius 1 is 0.875 bits per heavy atom. The van der Waals surface area contributed by atoms with E-state index in [1.165, 1.54) is 24.3 Å². The summed E-state index contributed by atoms with van der Waals surface area (Å²) in [4.78, 5) is 25.6. The van der Waals surface area contributed by atoms with Gasteiger partial charge in [-0.05, 0) is 25.1 Å². The van der Waals surface area contributed by atoms with Crippen molar-refractivity contribution in [1.82, 2.24) is 4.72 Å². The van der Waals surface area contributed by atoms with E-state index < -0.39 is 16.1 Å². The van der Waals surface area contributed by atoms with E-state index in [1.54, 1.807) is 42.5 Å². The summed E-state index contributed by atoms with van der Waals surface area (Å²) < 4.78 is 38.1. The number of fused-ring (bicyclic) bond motifs is 1. The second-order valence-electron chi connectivity index (χ2n) is 7.11. The molecule has 0 saturated heterocycles. The van der Waals surface area contributed by atoms with Gasteiger partial charge in [0.15, 0.2) is 17.3 Å². The number of anilines is 1. The van der Waals surface area contributed by atoms with Crippen LogP contribution in [0, 0.1) is 6.92 Å². The largest absolute Gasteiger partial charge is 0.486 e. The molecule has 164 valence electrons. The predicted molar refractivity (Wildman–Crippen MR) is 118 cm³/mol. The van der Waals surface area contributed by atoms with Crippen LogP contribution in [0.1, 0.15) is 21.5 Å². The molecule has 32 heavy (non-hydrogen) atoms. The van der Waals surface area contributed by atoms with Gasteiger partial charge >= 0.3 is 6.03 Å². The molecule has 0 fully saturated rings. The van der Waals surface area contributed by atoms with Crippen LogP contribution in [0.2, 0.25) is 0 Å². The predicted octanol–water partition coefficient (Wildman–Crippen LogP) is 3.51. The van der Waals surface area contributed by atoms with E-state index >= 15 is 0 Å². The molecule has 0 atom stereocenters. The van der Waals surface area contributed by atoms with Crippen LogP contribution in [0.3, 0.4) is 0 Å². The van der Waals surface area contributed by atoms with Crippen molar-refractivity contribution in [3.8, 4) is 11.5 Å². The monoisotopic (exact) mass is 452 g/mol. The first-order valence-corrected chi connectivity index (χ1v) is 11.3. The number of rotatable bonds is 5. The lowest BCUT2D eigenvalue weighted by Crippen LogP contribution is -2.34. The Balaban J connectivity index is 1.64. The number of carbonyl (C=O) groups is 2. The molecule has 2 N–H and O–H groups in total. The zero-order valence-electron chi connectivity index (χ0n) is 17.1. The molecule has 2 amide bonds. The minimum absolute atomic E-state index is 0.0546. The summed E-state index contributed by atoms with van der Waals surface area (Å²) in [6.07, 6.45) is 0. The van der Waals surface area contributed by atoms with Crippen LogP contribution in [-0.2, 0) is 10.0 Å². The van der Waals surface area contributed by atoms with Crippen LogP contribution < -0.4 is 19.5 Å². The van der Waals surface area contributed by atoms with Gasteiger partial charge in [-0.3, -0.25) is 4.79 Å². The minimum atomic E-state index is -4.10. The molecule has 0 aromatic heterocycles. The van der Waals surface area contributed by atoms with Gasteiger partial charge in [0.2, 0.25) is 0 Å². The highest BCUT2D eigenvalue weighted by Crippen LogP contribution is 2.36. The van der Waals surface area contributed by atoms with E-state index in [1.807, 2.05) is 11.6 Å². The highest BCUT2D eigenvalue weighted by Gasteiger charge is 2.24. The van der Waals surface area contributed by atoms with Crippen molar-refractivity contribution in [2.75, 3.05) is 18.5 Å². The quantitative estimate of drug-likeness (QED) is 0.573. The third-order valence-corrected chi connectivity index (χ3v) is 6.12. The summed E-state index contributed by atoms with van der Waals surface area (Å²) in [7, 11) is -4.10. The van der Waals surface area contributed by atoms with E-state index in [9.17, 15) is 18.0 Å². The molecule has 8 nitrogen and oxygen atoms in total. The summed E-state index contributed by atoms with van der Waals surface area (Å²) in [5.74, 6) is 0.352. The molecule has 1 aliphatic rings. The Hall–Kier alpha value is -3.85. The van der Waals surface area contributed by atoms with Crippen molar-refractivity contribution in [3.63, 3.8) is 0 Å². The number of ether oxygens (including phenoxy) is 2. The van der Waals surface area contributed by atoms with E-state index in [-0.39, 0.29) is 21.9 Å². The Morgan fingerprint density at radius 3 is 2.16 bits per heavy atom. The first kappa shape index (κ1) is 21.4. The third-order valence-electron chi connectivity index (χ3n) is 4.77. The fourth-order valence-electron chi connectivity index (χ4n) is 3.17. The number of hydrogen-bond donors (Lipinski definition) is 2. The van der Waals surface area contributed by atoms with Gasteiger partial charge in [-0.2, -0.15) is 0 Å². The normalized spacial score (nSPS) is 12.7. The number of carbonyl (C=O) groups excluding carboxylic acids is 2. The lowest BCUT2D eigenvalue weighted by Gasteiger charge is -2.21. The van der Waals surface area contributed by atoms with Crippen LogP contribution in [0.5, 0.6) is 11.5 Å². The van der Waals surface area contributed by atoms with Crippen LogP contribution >= 0.6 is 0 Å². The number of amides is 2. The standard InChI is InChI=1S/C23H20N2O6S/c1-15-7-9-17(10-8-15)32(28,29)25-23(27)24-19-14-21-20(30-11-12-31-21)13-18(19)22(26)16-5-3-2-4-6-16/h2-10,13-14H,11-12H2,1H3,(H2,24,25,27). The maximum absolute atomic E-state index is 13.1. The van der Waals surface area contributed by atoms with Gasteiger partial charge in [0.1, 0.15) is 13.2 Å². The van der Waals surface area contributed by atoms with Crippen LogP contribution in [0.25, 0.3) is 0 Å². The van der Waals surface area contributed by atoms with Gasteiger partial charge < -0.3 is 14.8 Å². The van der Waals surface area contributed by atoms with E-state index in [4.69, 9.17) is 9.47 Å². The molecule has 0 unspecified atom stereocenters. The topological polar surface area (TPSA) is 111 Å². The third kappa shape index (κ3) is 4.57. The number of aryl methyl sites for hydroxylation is 1. The van der Waals surface area contributed by atoms with Crippen LogP contribution in [0.4, 0.5) is 10.5 Å². The number of sulfonamides is 1. The molecule has 0 aliphatic carbocycles. The second-order valence-corrected chi connectivity index (χ2v) is 8.79. The maximum Gasteiger partial charge on any atom is 0.333 e. The molecule has 4 rings (SSSR count). The highest BCUT2D eigenvalue weighted by atomic mass is 32.2. The van der Waals surface area contributed by atoms with Gasteiger partial charge in [-0.15, -0.1) is 0 Å². The number of urea groups is 1. The Morgan fingerprint density at radius 2 is 1.50 bits per heavy atom. The van der Waals surface area contributed by atoms with Crippen molar-refractivity contribution in [1.29, 1.82) is 0 Å². The fraction of sp³-hybridized carbons (Fsp3) is 0.130. The van der Waals surface area contributed by atoms with Crippen molar-refractivity contribution < 1.29 is 27.5 Å². The molecule has 0 saturated carbocycles. The minimum Gasteiger partial charge on any atom is -0.486 e. The highest BCUT2D eigenvalue weighted by molar-refractivity contribution is 7.90. The number of benzene rings is 3. The van der Waals surface area contributed by atoms with Gasteiger partial charge in [-0.25, -0.2) is 17.9 Å². The summed E-state index contributed by atoms with van der Waals surface area (Å²) in [6.45, 7) is 2.46. The van der Waals surface area contributed by atoms with Gasteiger partial charge in [0.25, 0.3) is 10.0 Å². The van der Waals surface area contributed by atoms with E-state index in [0.29, 0.717) is 30.3 Å². The zero-order chi connectivity index (χ0) is 22.7. The number of hydrogen-bond acceptors (Lipinski definition) is 6. The molecular formula is C23H20N2O6S. The molecule has 0 spiro atoms. The lowest BCUT2D eigenvalue weighted by atomic mass is 10.0. The summed E-state index contributed by atoms with van der Waals surface area (Å²) in [6, 6.07) is 16.5. The van der Waals surface area contributed by atoms with Crippen LogP contribution in [-0.4, -0.2) is 33.4 Å². The molecule has 1 aliphatic heterocycles. The lowest BCUT2D eigenvalue weighted by molar-refractivity contribution is 0.103. The molecular weight excluding hydrogens is 432 g/mol.